The van der Waals surface area contributed by atoms with Crippen LogP contribution in [0.15, 0.2) is 0 Å². The van der Waals surface area contributed by atoms with E-state index in [0.29, 0.717) is 19.1 Å². The summed E-state index contributed by atoms with van der Waals surface area (Å²) in [6.45, 7) is 8.64. The summed E-state index contributed by atoms with van der Waals surface area (Å²) in [5, 5.41) is 13.5. The maximum atomic E-state index is 10.00. The molecule has 0 aromatic rings. The van der Waals surface area contributed by atoms with Crippen LogP contribution in [0, 0.1) is 5.92 Å². The van der Waals surface area contributed by atoms with Crippen molar-refractivity contribution in [2.45, 2.75) is 83.8 Å². The minimum atomic E-state index is -0.379. The van der Waals surface area contributed by atoms with Crippen molar-refractivity contribution in [3.63, 3.8) is 0 Å². The molecule has 20 heavy (non-hydrogen) atoms. The molecule has 2 atom stereocenters. The van der Waals surface area contributed by atoms with E-state index in [2.05, 4.69) is 26.1 Å². The second kappa shape index (κ2) is 9.75. The third-order valence-corrected chi connectivity index (χ3v) is 4.68. The van der Waals surface area contributed by atoms with E-state index in [9.17, 15) is 5.11 Å². The molecule has 3 nitrogen and oxygen atoms in total. The monoisotopic (exact) mass is 285 g/mol. The van der Waals surface area contributed by atoms with Crippen molar-refractivity contribution in [2.24, 2.45) is 5.92 Å². The standard InChI is InChI=1S/C17H35NO2/c1-4-6-9-15(5-2)13-20-14-16(19)12-18-17(3)10-7-8-11-17/h15-16,18-19H,4-14H2,1-3H3. The fourth-order valence-corrected chi connectivity index (χ4v) is 3.02. The SMILES string of the molecule is CCCCC(CC)COCC(O)CNC1(C)CCCC1. The minimum Gasteiger partial charge on any atom is -0.389 e. The first kappa shape index (κ1) is 17.9. The maximum Gasteiger partial charge on any atom is 0.0897 e. The van der Waals surface area contributed by atoms with E-state index in [4.69, 9.17) is 4.74 Å². The van der Waals surface area contributed by atoms with Gasteiger partial charge in [0.15, 0.2) is 0 Å². The van der Waals surface area contributed by atoms with Crippen LogP contribution in [0.3, 0.4) is 0 Å². The van der Waals surface area contributed by atoms with Crippen LogP contribution in [-0.4, -0.2) is 36.5 Å². The molecular weight excluding hydrogens is 250 g/mol. The third-order valence-electron chi connectivity index (χ3n) is 4.68. The van der Waals surface area contributed by atoms with Gasteiger partial charge in [-0.25, -0.2) is 0 Å². The summed E-state index contributed by atoms with van der Waals surface area (Å²) in [5.41, 5.74) is 0.244. The Morgan fingerprint density at radius 2 is 1.90 bits per heavy atom. The van der Waals surface area contributed by atoms with Crippen molar-refractivity contribution >= 4 is 0 Å². The molecule has 3 heteroatoms. The van der Waals surface area contributed by atoms with Gasteiger partial charge in [0.25, 0.3) is 0 Å². The normalized spacial score (nSPS) is 21.0. The van der Waals surface area contributed by atoms with Gasteiger partial charge in [-0.1, -0.05) is 46.0 Å². The number of nitrogens with one attached hydrogen (secondary N) is 1. The average Bonchev–Trinajstić information content (AvgIpc) is 2.88. The summed E-state index contributed by atoms with van der Waals surface area (Å²) in [5.74, 6) is 0.655. The summed E-state index contributed by atoms with van der Waals surface area (Å²) in [4.78, 5) is 0. The van der Waals surface area contributed by atoms with Crippen LogP contribution in [0.25, 0.3) is 0 Å². The molecule has 120 valence electrons. The van der Waals surface area contributed by atoms with Gasteiger partial charge in [-0.15, -0.1) is 0 Å². The highest BCUT2D eigenvalue weighted by Gasteiger charge is 2.28. The van der Waals surface area contributed by atoms with Crippen LogP contribution in [0.4, 0.5) is 0 Å². The predicted molar refractivity (Wildman–Crippen MR) is 85.0 cm³/mol. The van der Waals surface area contributed by atoms with Crippen molar-refractivity contribution in [1.29, 1.82) is 0 Å². The number of ether oxygens (including phenoxy) is 1. The lowest BCUT2D eigenvalue weighted by Gasteiger charge is -2.27. The molecule has 0 spiro atoms. The first-order chi connectivity index (χ1) is 9.59. The smallest absolute Gasteiger partial charge is 0.0897 e. The molecule has 1 rings (SSSR count). The Balaban J connectivity index is 2.08. The van der Waals surface area contributed by atoms with Gasteiger partial charge >= 0.3 is 0 Å². The molecule has 0 aliphatic heterocycles. The van der Waals surface area contributed by atoms with Crippen molar-refractivity contribution in [3.05, 3.63) is 0 Å². The molecule has 1 aliphatic carbocycles. The van der Waals surface area contributed by atoms with Gasteiger partial charge in [-0.05, 0) is 32.1 Å². The Morgan fingerprint density at radius 3 is 2.50 bits per heavy atom. The first-order valence-corrected chi connectivity index (χ1v) is 8.60. The van der Waals surface area contributed by atoms with E-state index in [1.54, 1.807) is 0 Å². The van der Waals surface area contributed by atoms with Crippen LogP contribution < -0.4 is 5.32 Å². The number of aliphatic hydroxyl groups excluding tert-OH is 1. The van der Waals surface area contributed by atoms with Crippen LogP contribution in [0.2, 0.25) is 0 Å². The molecule has 1 saturated carbocycles. The number of hydrogen-bond donors (Lipinski definition) is 2. The molecule has 0 heterocycles. The molecule has 0 aromatic carbocycles. The van der Waals surface area contributed by atoms with Crippen LogP contribution in [0.5, 0.6) is 0 Å². The predicted octanol–water partition coefficient (Wildman–Crippen LogP) is 3.50. The minimum absolute atomic E-state index is 0.244. The Kier molecular flexibility index (Phi) is 8.74. The Hall–Kier alpha value is -0.120. The van der Waals surface area contributed by atoms with Gasteiger partial charge < -0.3 is 15.2 Å². The van der Waals surface area contributed by atoms with Crippen molar-refractivity contribution < 1.29 is 9.84 Å². The number of rotatable bonds is 11. The quantitative estimate of drug-likeness (QED) is 0.610. The van der Waals surface area contributed by atoms with Gasteiger partial charge in [-0.2, -0.15) is 0 Å². The highest BCUT2D eigenvalue weighted by atomic mass is 16.5. The van der Waals surface area contributed by atoms with Crippen molar-refractivity contribution in [2.75, 3.05) is 19.8 Å². The number of β-amino-alcohol motifs (C(OH)–C–C–N with tert-alkyl or cyclic N) is 1. The van der Waals surface area contributed by atoms with Crippen LogP contribution in [0.1, 0.15) is 72.1 Å². The Labute approximate surface area is 125 Å². The highest BCUT2D eigenvalue weighted by molar-refractivity contribution is 4.88. The summed E-state index contributed by atoms with van der Waals surface area (Å²) in [6.07, 6.45) is 9.66. The average molecular weight is 285 g/mol. The van der Waals surface area contributed by atoms with E-state index < -0.39 is 0 Å². The van der Waals surface area contributed by atoms with Crippen molar-refractivity contribution in [3.8, 4) is 0 Å². The molecule has 2 N–H and O–H groups in total. The lowest BCUT2D eigenvalue weighted by atomic mass is 10.0. The summed E-state index contributed by atoms with van der Waals surface area (Å²) in [7, 11) is 0. The molecule has 1 aliphatic rings. The van der Waals surface area contributed by atoms with E-state index in [-0.39, 0.29) is 11.6 Å². The molecule has 0 amide bonds. The second-order valence-corrected chi connectivity index (χ2v) is 6.76. The lowest BCUT2D eigenvalue weighted by molar-refractivity contribution is 0.0164. The molecule has 0 saturated heterocycles. The zero-order valence-electron chi connectivity index (χ0n) is 13.8. The summed E-state index contributed by atoms with van der Waals surface area (Å²) < 4.78 is 5.70. The van der Waals surface area contributed by atoms with Gasteiger partial charge in [0, 0.05) is 18.7 Å². The Morgan fingerprint density at radius 1 is 1.20 bits per heavy atom. The second-order valence-electron chi connectivity index (χ2n) is 6.76. The van der Waals surface area contributed by atoms with Gasteiger partial charge in [0.2, 0.25) is 0 Å². The van der Waals surface area contributed by atoms with Crippen LogP contribution in [-0.2, 0) is 4.74 Å². The molecule has 0 aromatic heterocycles. The van der Waals surface area contributed by atoms with Crippen LogP contribution >= 0.6 is 0 Å². The summed E-state index contributed by atoms with van der Waals surface area (Å²) >= 11 is 0. The van der Waals surface area contributed by atoms with E-state index in [1.807, 2.05) is 0 Å². The van der Waals surface area contributed by atoms with E-state index >= 15 is 0 Å². The zero-order chi connectivity index (χ0) is 14.8. The number of unbranched alkanes of at least 4 members (excludes halogenated alkanes) is 1. The molecule has 0 radical (unpaired) electrons. The Bertz CT molecular complexity index is 239. The van der Waals surface area contributed by atoms with Gasteiger partial charge in [0.1, 0.15) is 0 Å². The number of aliphatic hydroxyl groups is 1. The van der Waals surface area contributed by atoms with Gasteiger partial charge in [-0.3, -0.25) is 0 Å². The first-order valence-electron chi connectivity index (χ1n) is 8.60. The fraction of sp³-hybridized carbons (Fsp3) is 1.00. The highest BCUT2D eigenvalue weighted by Crippen LogP contribution is 2.28. The van der Waals surface area contributed by atoms with Crippen molar-refractivity contribution in [1.82, 2.24) is 5.32 Å². The van der Waals surface area contributed by atoms with E-state index in [1.165, 1.54) is 51.4 Å². The zero-order valence-corrected chi connectivity index (χ0v) is 13.8. The largest absolute Gasteiger partial charge is 0.389 e. The van der Waals surface area contributed by atoms with E-state index in [0.717, 1.165) is 6.61 Å². The molecule has 0 bridgehead atoms. The fourth-order valence-electron chi connectivity index (χ4n) is 3.02. The lowest BCUT2D eigenvalue weighted by Crippen LogP contribution is -2.44. The topological polar surface area (TPSA) is 41.5 Å². The third kappa shape index (κ3) is 7.05. The maximum absolute atomic E-state index is 10.00. The molecular formula is C17H35NO2. The molecule has 2 unspecified atom stereocenters. The van der Waals surface area contributed by atoms with Gasteiger partial charge in [0.05, 0.1) is 12.7 Å². The summed E-state index contributed by atoms with van der Waals surface area (Å²) in [6, 6.07) is 0. The molecule has 1 fully saturated rings. The number of hydrogen-bond acceptors (Lipinski definition) is 3.